The third-order valence-electron chi connectivity index (χ3n) is 4.64. The molecule has 148 valence electrons. The van der Waals surface area contributed by atoms with Gasteiger partial charge in [-0.05, 0) is 56.3 Å². The van der Waals surface area contributed by atoms with E-state index in [9.17, 15) is 9.59 Å². The van der Waals surface area contributed by atoms with Gasteiger partial charge in [-0.15, -0.1) is 0 Å². The number of Topliss-reactive ketones (excluding diaryl/α,β-unsaturated/α-hetero) is 1. The number of carbonyl (C=O) groups excluding carboxylic acids is 2. The highest BCUT2D eigenvalue weighted by Crippen LogP contribution is 2.30. The molecule has 2 aromatic carbocycles. The minimum absolute atomic E-state index is 0.288. The normalized spacial score (nSPS) is 12.8. The molecule has 1 aliphatic rings. The van der Waals surface area contributed by atoms with E-state index in [2.05, 4.69) is 18.7 Å². The Morgan fingerprint density at radius 1 is 0.929 bits per heavy atom. The number of rotatable bonds is 7. The number of anilines is 1. The largest absolute Gasteiger partial charge is 0.490 e. The fraction of sp³-hybridized carbons (Fsp3) is 0.364. The van der Waals surface area contributed by atoms with E-state index in [1.165, 1.54) is 0 Å². The second-order valence-electron chi connectivity index (χ2n) is 6.43. The third-order valence-corrected chi connectivity index (χ3v) is 4.64. The Morgan fingerprint density at radius 2 is 1.57 bits per heavy atom. The second-order valence-corrected chi connectivity index (χ2v) is 6.43. The van der Waals surface area contributed by atoms with Crippen molar-refractivity contribution in [2.75, 3.05) is 37.8 Å². The maximum Gasteiger partial charge on any atom is 0.338 e. The van der Waals surface area contributed by atoms with E-state index >= 15 is 0 Å². The molecule has 0 bridgehead atoms. The van der Waals surface area contributed by atoms with Gasteiger partial charge in [-0.2, -0.15) is 0 Å². The van der Waals surface area contributed by atoms with Crippen LogP contribution in [0.4, 0.5) is 5.69 Å². The summed E-state index contributed by atoms with van der Waals surface area (Å²) in [5.74, 6) is 0.360. The molecule has 0 amide bonds. The van der Waals surface area contributed by atoms with Crippen LogP contribution in [0.3, 0.4) is 0 Å². The predicted molar refractivity (Wildman–Crippen MR) is 107 cm³/mol. The minimum Gasteiger partial charge on any atom is -0.490 e. The van der Waals surface area contributed by atoms with Gasteiger partial charge in [0.15, 0.2) is 23.9 Å². The van der Waals surface area contributed by atoms with Gasteiger partial charge in [-0.3, -0.25) is 4.79 Å². The molecule has 0 unspecified atom stereocenters. The van der Waals surface area contributed by atoms with Gasteiger partial charge in [-0.25, -0.2) is 4.79 Å². The monoisotopic (exact) mass is 383 g/mol. The van der Waals surface area contributed by atoms with Gasteiger partial charge in [0.2, 0.25) is 0 Å². The van der Waals surface area contributed by atoms with Crippen molar-refractivity contribution in [1.29, 1.82) is 0 Å². The van der Waals surface area contributed by atoms with Crippen LogP contribution in [0.1, 0.15) is 41.0 Å². The summed E-state index contributed by atoms with van der Waals surface area (Å²) in [4.78, 5) is 26.8. The molecule has 0 N–H and O–H groups in total. The molecule has 1 aliphatic heterocycles. The zero-order valence-corrected chi connectivity index (χ0v) is 16.3. The molecule has 0 aromatic heterocycles. The molecule has 2 aromatic rings. The van der Waals surface area contributed by atoms with Crippen molar-refractivity contribution in [2.45, 2.75) is 20.3 Å². The van der Waals surface area contributed by atoms with E-state index in [1.807, 2.05) is 12.1 Å². The number of hydrogen-bond acceptors (Lipinski definition) is 6. The Hall–Kier alpha value is -3.02. The summed E-state index contributed by atoms with van der Waals surface area (Å²) < 4.78 is 16.3. The Bertz CT molecular complexity index is 827. The highest BCUT2D eigenvalue weighted by Gasteiger charge is 2.16. The first-order valence-corrected chi connectivity index (χ1v) is 9.57. The zero-order chi connectivity index (χ0) is 19.9. The van der Waals surface area contributed by atoms with Gasteiger partial charge in [0.25, 0.3) is 0 Å². The molecule has 0 spiro atoms. The quantitative estimate of drug-likeness (QED) is 0.536. The topological polar surface area (TPSA) is 65.1 Å². The molecule has 0 radical (unpaired) electrons. The Kier molecular flexibility index (Phi) is 6.53. The van der Waals surface area contributed by atoms with Gasteiger partial charge in [0, 0.05) is 30.8 Å². The lowest BCUT2D eigenvalue weighted by atomic mass is 10.1. The van der Waals surface area contributed by atoms with E-state index < -0.39 is 5.97 Å². The number of carbonyl (C=O) groups is 2. The minimum atomic E-state index is -0.520. The van der Waals surface area contributed by atoms with Gasteiger partial charge >= 0.3 is 5.97 Å². The first kappa shape index (κ1) is 19.7. The van der Waals surface area contributed by atoms with Crippen LogP contribution in [-0.2, 0) is 4.74 Å². The van der Waals surface area contributed by atoms with Crippen LogP contribution in [0.2, 0.25) is 0 Å². The van der Waals surface area contributed by atoms with Crippen LogP contribution < -0.4 is 14.4 Å². The highest BCUT2D eigenvalue weighted by molar-refractivity contribution is 5.99. The Morgan fingerprint density at radius 3 is 2.25 bits per heavy atom. The van der Waals surface area contributed by atoms with Gasteiger partial charge in [0.05, 0.1) is 18.8 Å². The number of fused-ring (bicyclic) bond motifs is 1. The van der Waals surface area contributed by atoms with Crippen molar-refractivity contribution in [3.8, 4) is 11.5 Å². The van der Waals surface area contributed by atoms with E-state index in [4.69, 9.17) is 14.2 Å². The summed E-state index contributed by atoms with van der Waals surface area (Å²) in [5.41, 5.74) is 1.89. The summed E-state index contributed by atoms with van der Waals surface area (Å²) in [6.07, 6.45) is 0.794. The summed E-state index contributed by atoms with van der Waals surface area (Å²) in [5, 5.41) is 0. The summed E-state index contributed by atoms with van der Waals surface area (Å²) in [7, 11) is 0. The van der Waals surface area contributed by atoms with E-state index in [1.54, 1.807) is 30.3 Å². The van der Waals surface area contributed by atoms with Crippen LogP contribution in [0, 0.1) is 0 Å². The van der Waals surface area contributed by atoms with Crippen LogP contribution in [0.15, 0.2) is 42.5 Å². The molecular weight excluding hydrogens is 358 g/mol. The molecular formula is C22H25NO5. The van der Waals surface area contributed by atoms with Crippen LogP contribution in [0.25, 0.3) is 0 Å². The van der Waals surface area contributed by atoms with Crippen molar-refractivity contribution < 1.29 is 23.8 Å². The number of benzene rings is 2. The first-order valence-electron chi connectivity index (χ1n) is 9.57. The molecule has 3 rings (SSSR count). The fourth-order valence-corrected chi connectivity index (χ4v) is 3.03. The molecule has 0 aliphatic carbocycles. The molecule has 6 heteroatoms. The lowest BCUT2D eigenvalue weighted by Crippen LogP contribution is -2.21. The lowest BCUT2D eigenvalue weighted by Gasteiger charge is -2.20. The average molecular weight is 383 g/mol. The highest BCUT2D eigenvalue weighted by atomic mass is 16.5. The molecule has 0 saturated heterocycles. The van der Waals surface area contributed by atoms with Gasteiger partial charge in [0.1, 0.15) is 0 Å². The molecule has 0 fully saturated rings. The van der Waals surface area contributed by atoms with E-state index in [0.717, 1.165) is 25.2 Å². The Labute approximate surface area is 165 Å². The third kappa shape index (κ3) is 4.63. The number of nitrogens with zero attached hydrogens (tertiary/aromatic N) is 1. The van der Waals surface area contributed by atoms with Crippen molar-refractivity contribution in [3.05, 3.63) is 53.6 Å². The van der Waals surface area contributed by atoms with Gasteiger partial charge < -0.3 is 19.1 Å². The number of ketones is 1. The standard InChI is InChI=1S/C22H25NO5/c1-3-23(4-2)18-9-6-16(7-10-18)22(25)28-15-19(24)17-8-11-20-21(14-17)27-13-5-12-26-20/h6-11,14H,3-5,12-13,15H2,1-2H3. The van der Waals surface area contributed by atoms with E-state index in [0.29, 0.717) is 35.8 Å². The smallest absolute Gasteiger partial charge is 0.338 e. The SMILES string of the molecule is CCN(CC)c1ccc(C(=O)OCC(=O)c2ccc3c(c2)OCCCO3)cc1. The fourth-order valence-electron chi connectivity index (χ4n) is 3.03. The maximum absolute atomic E-state index is 12.4. The lowest BCUT2D eigenvalue weighted by molar-refractivity contribution is 0.0474. The average Bonchev–Trinajstić information content (AvgIpc) is 2.98. The van der Waals surface area contributed by atoms with Crippen LogP contribution in [0.5, 0.6) is 11.5 Å². The molecule has 0 atom stereocenters. The van der Waals surface area contributed by atoms with Crippen molar-refractivity contribution in [1.82, 2.24) is 0 Å². The first-order chi connectivity index (χ1) is 13.6. The van der Waals surface area contributed by atoms with Gasteiger partial charge in [-0.1, -0.05) is 0 Å². The van der Waals surface area contributed by atoms with E-state index in [-0.39, 0.29) is 12.4 Å². The number of esters is 1. The summed E-state index contributed by atoms with van der Waals surface area (Å²) >= 11 is 0. The van der Waals surface area contributed by atoms with Crippen molar-refractivity contribution in [2.24, 2.45) is 0 Å². The second kappa shape index (κ2) is 9.26. The maximum atomic E-state index is 12.4. The van der Waals surface area contributed by atoms with Crippen LogP contribution in [-0.4, -0.2) is 44.7 Å². The Balaban J connectivity index is 1.60. The summed E-state index contributed by atoms with van der Waals surface area (Å²) in [6, 6.07) is 12.2. The molecule has 6 nitrogen and oxygen atoms in total. The predicted octanol–water partition coefficient (Wildman–Crippen LogP) is 3.73. The zero-order valence-electron chi connectivity index (χ0n) is 16.3. The van der Waals surface area contributed by atoms with Crippen LogP contribution >= 0.6 is 0 Å². The molecule has 0 saturated carbocycles. The molecule has 1 heterocycles. The van der Waals surface area contributed by atoms with Crippen molar-refractivity contribution >= 4 is 17.4 Å². The number of hydrogen-bond donors (Lipinski definition) is 0. The van der Waals surface area contributed by atoms with Crippen molar-refractivity contribution in [3.63, 3.8) is 0 Å². The summed E-state index contributed by atoms with van der Waals surface area (Å²) in [6.45, 7) is 6.76. The number of ether oxygens (including phenoxy) is 3. The molecule has 28 heavy (non-hydrogen) atoms.